The van der Waals surface area contributed by atoms with E-state index < -0.39 is 28.5 Å². The van der Waals surface area contributed by atoms with Crippen LogP contribution in [-0.4, -0.2) is 51.0 Å². The fourth-order valence-corrected chi connectivity index (χ4v) is 4.07. The highest BCUT2D eigenvalue weighted by atomic mass is 35.5. The quantitative estimate of drug-likeness (QED) is 0.617. The lowest BCUT2D eigenvalue weighted by atomic mass is 10.1. The van der Waals surface area contributed by atoms with Crippen LogP contribution in [0.1, 0.15) is 25.0 Å². The van der Waals surface area contributed by atoms with E-state index in [4.69, 9.17) is 11.6 Å². The number of likely N-dealkylation sites (N-methyl/N-ethyl adjacent to an activating group) is 1. The van der Waals surface area contributed by atoms with E-state index in [2.05, 4.69) is 5.32 Å². The summed E-state index contributed by atoms with van der Waals surface area (Å²) < 4.78 is 26.0. The number of benzene rings is 2. The number of carbonyl (C=O) groups is 2. The number of anilines is 1. The van der Waals surface area contributed by atoms with Gasteiger partial charge in [-0.05, 0) is 48.7 Å². The number of hydrogen-bond donors (Lipinski definition) is 1. The standard InChI is InChI=1S/C22H28ClN3O4S/c1-5-17-8-12-20(13-9-17)26(31(4,29)30)15-21(27)25(16(2)22(28)24-3)14-18-6-10-19(23)11-7-18/h6-13,16H,5,14-15H2,1-4H3,(H,24,28)/t16-/m1/s1. The van der Waals surface area contributed by atoms with E-state index in [0.717, 1.165) is 28.1 Å². The maximum Gasteiger partial charge on any atom is 0.244 e. The van der Waals surface area contributed by atoms with Crippen LogP contribution in [0.4, 0.5) is 5.69 Å². The molecule has 1 atom stereocenters. The van der Waals surface area contributed by atoms with Gasteiger partial charge in [0.05, 0.1) is 11.9 Å². The predicted octanol–water partition coefficient (Wildman–Crippen LogP) is 2.83. The van der Waals surface area contributed by atoms with Crippen molar-refractivity contribution in [3.05, 3.63) is 64.7 Å². The highest BCUT2D eigenvalue weighted by Crippen LogP contribution is 2.20. The third kappa shape index (κ3) is 6.70. The van der Waals surface area contributed by atoms with Crippen LogP contribution in [0, 0.1) is 0 Å². The van der Waals surface area contributed by atoms with E-state index in [1.54, 1.807) is 43.3 Å². The lowest BCUT2D eigenvalue weighted by Crippen LogP contribution is -2.50. The van der Waals surface area contributed by atoms with Crippen LogP contribution in [0.2, 0.25) is 5.02 Å². The van der Waals surface area contributed by atoms with Gasteiger partial charge in [0, 0.05) is 18.6 Å². The van der Waals surface area contributed by atoms with Gasteiger partial charge in [-0.15, -0.1) is 0 Å². The molecular weight excluding hydrogens is 438 g/mol. The molecule has 0 aromatic heterocycles. The first-order valence-electron chi connectivity index (χ1n) is 9.89. The molecule has 2 amide bonds. The normalized spacial score (nSPS) is 12.2. The molecule has 9 heteroatoms. The Morgan fingerprint density at radius 2 is 1.58 bits per heavy atom. The molecule has 0 aliphatic carbocycles. The molecule has 168 valence electrons. The minimum Gasteiger partial charge on any atom is -0.357 e. The van der Waals surface area contributed by atoms with Crippen molar-refractivity contribution < 1.29 is 18.0 Å². The molecule has 0 unspecified atom stereocenters. The van der Waals surface area contributed by atoms with Crippen LogP contribution in [0.25, 0.3) is 0 Å². The van der Waals surface area contributed by atoms with Crippen molar-refractivity contribution in [2.45, 2.75) is 32.9 Å². The number of sulfonamides is 1. The van der Waals surface area contributed by atoms with E-state index >= 15 is 0 Å². The number of carbonyl (C=O) groups excluding carboxylic acids is 2. The van der Waals surface area contributed by atoms with Crippen LogP contribution in [0.15, 0.2) is 48.5 Å². The molecule has 0 aliphatic heterocycles. The summed E-state index contributed by atoms with van der Waals surface area (Å²) in [5, 5.41) is 3.09. The zero-order valence-corrected chi connectivity index (χ0v) is 19.7. The molecular formula is C22H28ClN3O4S. The summed E-state index contributed by atoms with van der Waals surface area (Å²) in [7, 11) is -2.24. The summed E-state index contributed by atoms with van der Waals surface area (Å²) >= 11 is 5.94. The monoisotopic (exact) mass is 465 g/mol. The summed E-state index contributed by atoms with van der Waals surface area (Å²) in [6.07, 6.45) is 1.87. The molecule has 2 aromatic rings. The molecule has 0 saturated heterocycles. The fraction of sp³-hybridized carbons (Fsp3) is 0.364. The Morgan fingerprint density at radius 1 is 1.03 bits per heavy atom. The summed E-state index contributed by atoms with van der Waals surface area (Å²) in [6, 6.07) is 13.1. The Labute approximate surface area is 189 Å². The van der Waals surface area contributed by atoms with Gasteiger partial charge in [-0.25, -0.2) is 8.42 Å². The molecule has 2 aromatic carbocycles. The molecule has 0 aliphatic rings. The van der Waals surface area contributed by atoms with Crippen molar-refractivity contribution in [1.29, 1.82) is 0 Å². The number of nitrogens with one attached hydrogen (secondary N) is 1. The maximum absolute atomic E-state index is 13.2. The summed E-state index contributed by atoms with van der Waals surface area (Å²) in [4.78, 5) is 26.9. The molecule has 0 radical (unpaired) electrons. The van der Waals surface area contributed by atoms with Gasteiger partial charge in [0.15, 0.2) is 0 Å². The third-order valence-corrected chi connectivity index (χ3v) is 6.38. The van der Waals surface area contributed by atoms with Gasteiger partial charge < -0.3 is 10.2 Å². The highest BCUT2D eigenvalue weighted by molar-refractivity contribution is 7.92. The van der Waals surface area contributed by atoms with Crippen molar-refractivity contribution in [2.24, 2.45) is 0 Å². The van der Waals surface area contributed by atoms with Gasteiger partial charge in [0.1, 0.15) is 12.6 Å². The first-order chi connectivity index (χ1) is 14.6. The number of aryl methyl sites for hydroxylation is 1. The van der Waals surface area contributed by atoms with Crippen molar-refractivity contribution in [3.8, 4) is 0 Å². The summed E-state index contributed by atoms with van der Waals surface area (Å²) in [5.74, 6) is -0.837. The minimum atomic E-state index is -3.73. The SMILES string of the molecule is CCc1ccc(N(CC(=O)N(Cc2ccc(Cl)cc2)[C@H](C)C(=O)NC)S(C)(=O)=O)cc1. The third-order valence-electron chi connectivity index (χ3n) is 4.99. The van der Waals surface area contributed by atoms with Crippen LogP contribution in [0.3, 0.4) is 0 Å². The fourth-order valence-electron chi connectivity index (χ4n) is 3.09. The first-order valence-corrected chi connectivity index (χ1v) is 12.1. The van der Waals surface area contributed by atoms with E-state index in [-0.39, 0.29) is 12.5 Å². The average molecular weight is 466 g/mol. The van der Waals surface area contributed by atoms with Crippen LogP contribution in [-0.2, 0) is 32.6 Å². The molecule has 0 saturated carbocycles. The van der Waals surface area contributed by atoms with E-state index in [1.807, 2.05) is 19.1 Å². The second-order valence-electron chi connectivity index (χ2n) is 7.23. The number of hydrogen-bond acceptors (Lipinski definition) is 4. The van der Waals surface area contributed by atoms with Crippen molar-refractivity contribution in [2.75, 3.05) is 24.2 Å². The predicted molar refractivity (Wildman–Crippen MR) is 124 cm³/mol. The summed E-state index contributed by atoms with van der Waals surface area (Å²) in [5.41, 5.74) is 2.22. The van der Waals surface area contributed by atoms with Crippen LogP contribution < -0.4 is 9.62 Å². The van der Waals surface area contributed by atoms with Crippen molar-refractivity contribution >= 4 is 39.1 Å². The smallest absolute Gasteiger partial charge is 0.244 e. The Bertz CT molecular complexity index is 1010. The molecule has 7 nitrogen and oxygen atoms in total. The summed E-state index contributed by atoms with van der Waals surface area (Å²) in [6.45, 7) is 3.32. The van der Waals surface area contributed by atoms with Crippen LogP contribution in [0.5, 0.6) is 0 Å². The largest absolute Gasteiger partial charge is 0.357 e. The average Bonchev–Trinajstić information content (AvgIpc) is 2.75. The lowest BCUT2D eigenvalue weighted by molar-refractivity contribution is -0.139. The second kappa shape index (κ2) is 10.6. The zero-order valence-electron chi connectivity index (χ0n) is 18.1. The van der Waals surface area contributed by atoms with Crippen LogP contribution >= 0.6 is 11.6 Å². The Hall–Kier alpha value is -2.58. The van der Waals surface area contributed by atoms with E-state index in [0.29, 0.717) is 10.7 Å². The molecule has 0 heterocycles. The van der Waals surface area contributed by atoms with Gasteiger partial charge in [-0.2, -0.15) is 0 Å². The molecule has 0 bridgehead atoms. The molecule has 2 rings (SSSR count). The van der Waals surface area contributed by atoms with Gasteiger partial charge in [0.2, 0.25) is 21.8 Å². The number of rotatable bonds is 9. The molecule has 0 spiro atoms. The number of halogens is 1. The highest BCUT2D eigenvalue weighted by Gasteiger charge is 2.29. The Balaban J connectivity index is 2.35. The van der Waals surface area contributed by atoms with Gasteiger partial charge >= 0.3 is 0 Å². The van der Waals surface area contributed by atoms with Gasteiger partial charge in [-0.3, -0.25) is 13.9 Å². The van der Waals surface area contributed by atoms with Crippen molar-refractivity contribution in [1.82, 2.24) is 10.2 Å². The maximum atomic E-state index is 13.2. The van der Waals surface area contributed by atoms with Crippen molar-refractivity contribution in [3.63, 3.8) is 0 Å². The lowest BCUT2D eigenvalue weighted by Gasteiger charge is -2.31. The molecule has 31 heavy (non-hydrogen) atoms. The van der Waals surface area contributed by atoms with Gasteiger partial charge in [-0.1, -0.05) is 42.8 Å². The Morgan fingerprint density at radius 3 is 2.06 bits per heavy atom. The van der Waals surface area contributed by atoms with E-state index in [1.165, 1.54) is 11.9 Å². The first kappa shape index (κ1) is 24.7. The van der Waals surface area contributed by atoms with E-state index in [9.17, 15) is 18.0 Å². The number of nitrogens with zero attached hydrogens (tertiary/aromatic N) is 2. The molecule has 0 fully saturated rings. The minimum absolute atomic E-state index is 0.136. The topological polar surface area (TPSA) is 86.8 Å². The Kier molecular flexibility index (Phi) is 8.47. The molecule has 1 N–H and O–H groups in total. The zero-order chi connectivity index (χ0) is 23.2. The van der Waals surface area contributed by atoms with Gasteiger partial charge in [0.25, 0.3) is 0 Å². The second-order valence-corrected chi connectivity index (χ2v) is 9.57. The number of amides is 2.